The minimum Gasteiger partial charge on any atom is -0.507 e. The number of hydrogen-bond donors (Lipinski definition) is 4. The maximum Gasteiger partial charge on any atom is 0.123 e. The van der Waals surface area contributed by atoms with Crippen LogP contribution in [0.2, 0.25) is 0 Å². The van der Waals surface area contributed by atoms with E-state index in [0.717, 1.165) is 61.3 Å². The molecule has 0 fully saturated rings. The van der Waals surface area contributed by atoms with E-state index in [1.165, 1.54) is 49.7 Å². The monoisotopic (exact) mass is 609 g/mol. The van der Waals surface area contributed by atoms with Gasteiger partial charge < -0.3 is 20.8 Å². The summed E-state index contributed by atoms with van der Waals surface area (Å²) in [6, 6.07) is 8.83. The molecule has 0 amide bonds. The van der Waals surface area contributed by atoms with Crippen molar-refractivity contribution in [2.45, 2.75) is 156 Å². The Kier molecular flexibility index (Phi) is 13.9. The van der Waals surface area contributed by atoms with Gasteiger partial charge in [0, 0.05) is 0 Å². The van der Waals surface area contributed by atoms with Crippen molar-refractivity contribution in [2.75, 3.05) is 26.2 Å². The number of unbranched alkanes of at least 4 members (excludes halogenated alkanes) is 5. The molecule has 0 radical (unpaired) electrons. The van der Waals surface area contributed by atoms with Gasteiger partial charge in [-0.05, 0) is 107 Å². The number of phenolic OH excluding ortho intramolecular Hbond substituents is 2. The topological polar surface area (TPSA) is 64.5 Å². The summed E-state index contributed by atoms with van der Waals surface area (Å²) in [7, 11) is 0. The molecule has 2 aromatic rings. The first-order chi connectivity index (χ1) is 20.2. The van der Waals surface area contributed by atoms with Gasteiger partial charge in [0.15, 0.2) is 0 Å². The molecule has 0 aliphatic heterocycles. The molecule has 4 heteroatoms. The minimum atomic E-state index is -0.0790. The van der Waals surface area contributed by atoms with Crippen LogP contribution in [0.15, 0.2) is 24.3 Å². The second-order valence-corrected chi connectivity index (χ2v) is 17.2. The number of rotatable bonds is 15. The molecule has 0 atom stereocenters. The Bertz CT molecular complexity index is 1010. The first-order valence-corrected chi connectivity index (χ1v) is 17.4. The summed E-state index contributed by atoms with van der Waals surface area (Å²) in [6.45, 7) is 30.2. The molecule has 2 rings (SSSR count). The molecule has 0 saturated carbocycles. The molecular weight excluding hydrogens is 540 g/mol. The zero-order valence-electron chi connectivity index (χ0n) is 30.7. The van der Waals surface area contributed by atoms with Crippen LogP contribution in [-0.2, 0) is 34.5 Å². The van der Waals surface area contributed by atoms with Gasteiger partial charge in [0.05, 0.1) is 0 Å². The lowest BCUT2D eigenvalue weighted by molar-refractivity contribution is 0.421. The summed E-state index contributed by atoms with van der Waals surface area (Å²) in [5.74, 6) is 0.937. The first kappa shape index (κ1) is 38.1. The zero-order valence-corrected chi connectivity index (χ0v) is 30.7. The van der Waals surface area contributed by atoms with Crippen LogP contribution < -0.4 is 10.6 Å². The predicted molar refractivity (Wildman–Crippen MR) is 192 cm³/mol. The Morgan fingerprint density at radius 2 is 0.659 bits per heavy atom. The van der Waals surface area contributed by atoms with E-state index < -0.39 is 0 Å². The maximum absolute atomic E-state index is 11.0. The third-order valence-corrected chi connectivity index (χ3v) is 8.71. The van der Waals surface area contributed by atoms with Crippen molar-refractivity contribution in [1.29, 1.82) is 0 Å². The summed E-state index contributed by atoms with van der Waals surface area (Å²) < 4.78 is 0. The lowest BCUT2D eigenvalue weighted by Crippen LogP contribution is -2.21. The molecule has 0 aliphatic rings. The van der Waals surface area contributed by atoms with E-state index in [9.17, 15) is 10.2 Å². The quantitative estimate of drug-likeness (QED) is 0.152. The highest BCUT2D eigenvalue weighted by atomic mass is 16.3. The fraction of sp³-hybridized carbons (Fsp3) is 0.700. The Balaban J connectivity index is 1.62. The van der Waals surface area contributed by atoms with Gasteiger partial charge in [-0.15, -0.1) is 0 Å². The summed E-state index contributed by atoms with van der Waals surface area (Å²) in [4.78, 5) is 0. The lowest BCUT2D eigenvalue weighted by atomic mass is 9.78. The maximum atomic E-state index is 11.0. The van der Waals surface area contributed by atoms with Crippen molar-refractivity contribution in [1.82, 2.24) is 10.6 Å². The molecule has 2 aromatic carbocycles. The van der Waals surface area contributed by atoms with E-state index >= 15 is 0 Å². The van der Waals surface area contributed by atoms with Gasteiger partial charge in [-0.3, -0.25) is 0 Å². The van der Waals surface area contributed by atoms with Crippen LogP contribution in [0, 0.1) is 0 Å². The smallest absolute Gasteiger partial charge is 0.123 e. The largest absolute Gasteiger partial charge is 0.507 e. The van der Waals surface area contributed by atoms with Crippen LogP contribution in [0.5, 0.6) is 11.5 Å². The van der Waals surface area contributed by atoms with Gasteiger partial charge >= 0.3 is 0 Å². The average Bonchev–Trinajstić information content (AvgIpc) is 2.87. The van der Waals surface area contributed by atoms with Crippen molar-refractivity contribution in [3.05, 3.63) is 57.6 Å². The molecule has 250 valence electrons. The van der Waals surface area contributed by atoms with E-state index in [4.69, 9.17) is 0 Å². The summed E-state index contributed by atoms with van der Waals surface area (Å²) in [6.07, 6.45) is 9.62. The molecule has 44 heavy (non-hydrogen) atoms. The molecule has 0 aliphatic carbocycles. The summed E-state index contributed by atoms with van der Waals surface area (Å²) in [5, 5.41) is 29.2. The number of nitrogens with one attached hydrogen (secondary N) is 2. The highest BCUT2D eigenvalue weighted by molar-refractivity contribution is 5.51. The normalized spacial score (nSPS) is 13.1. The minimum absolute atomic E-state index is 0.0790. The fourth-order valence-electron chi connectivity index (χ4n) is 5.89. The van der Waals surface area contributed by atoms with Crippen LogP contribution in [0.25, 0.3) is 0 Å². The Morgan fingerprint density at radius 3 is 0.909 bits per heavy atom. The molecule has 4 nitrogen and oxygen atoms in total. The molecule has 0 bridgehead atoms. The Labute approximate surface area is 271 Å². The third kappa shape index (κ3) is 12.0. The SMILES string of the molecule is CC(C)(C)c1cc(CCNCCCCCCCCNCCc2cc(C(C)(C)C)c(O)c(C(C)(C)C)c2)cc(C(C)(C)C)c1O. The van der Waals surface area contributed by atoms with Gasteiger partial charge in [-0.1, -0.05) is 133 Å². The first-order valence-electron chi connectivity index (χ1n) is 17.4. The highest BCUT2D eigenvalue weighted by Crippen LogP contribution is 2.41. The fourth-order valence-corrected chi connectivity index (χ4v) is 5.89. The van der Waals surface area contributed by atoms with E-state index in [1.807, 2.05) is 0 Å². The lowest BCUT2D eigenvalue weighted by Gasteiger charge is -2.28. The number of hydrogen-bond acceptors (Lipinski definition) is 4. The summed E-state index contributed by atoms with van der Waals surface area (Å²) >= 11 is 0. The van der Waals surface area contributed by atoms with Crippen molar-refractivity contribution in [3.63, 3.8) is 0 Å². The molecular formula is C40H68N2O2. The molecule has 0 saturated heterocycles. The zero-order chi connectivity index (χ0) is 33.3. The van der Waals surface area contributed by atoms with E-state index in [-0.39, 0.29) is 21.7 Å². The van der Waals surface area contributed by atoms with Crippen LogP contribution in [0.4, 0.5) is 0 Å². The number of aromatic hydroxyl groups is 2. The number of benzene rings is 2. The van der Waals surface area contributed by atoms with Crippen LogP contribution in [0.3, 0.4) is 0 Å². The van der Waals surface area contributed by atoms with E-state index in [0.29, 0.717) is 11.5 Å². The second-order valence-electron chi connectivity index (χ2n) is 17.2. The van der Waals surface area contributed by atoms with Crippen molar-refractivity contribution in [3.8, 4) is 11.5 Å². The van der Waals surface area contributed by atoms with Crippen molar-refractivity contribution in [2.24, 2.45) is 0 Å². The average molecular weight is 609 g/mol. The van der Waals surface area contributed by atoms with Crippen LogP contribution in [-0.4, -0.2) is 36.4 Å². The second kappa shape index (κ2) is 16.0. The number of phenols is 2. The molecule has 0 aromatic heterocycles. The molecule has 4 N–H and O–H groups in total. The molecule has 0 heterocycles. The highest BCUT2D eigenvalue weighted by Gasteiger charge is 2.27. The predicted octanol–water partition coefficient (Wildman–Crippen LogP) is 9.59. The van der Waals surface area contributed by atoms with Crippen molar-refractivity contribution >= 4 is 0 Å². The van der Waals surface area contributed by atoms with Gasteiger partial charge in [0.25, 0.3) is 0 Å². The Hall–Kier alpha value is -2.04. The van der Waals surface area contributed by atoms with Crippen LogP contribution >= 0.6 is 0 Å². The summed E-state index contributed by atoms with van der Waals surface area (Å²) in [5.41, 5.74) is 6.52. The van der Waals surface area contributed by atoms with E-state index in [2.05, 4.69) is 118 Å². The van der Waals surface area contributed by atoms with Gasteiger partial charge in [-0.25, -0.2) is 0 Å². The molecule has 0 spiro atoms. The van der Waals surface area contributed by atoms with Crippen molar-refractivity contribution < 1.29 is 10.2 Å². The van der Waals surface area contributed by atoms with Crippen LogP contribution in [0.1, 0.15) is 155 Å². The van der Waals surface area contributed by atoms with E-state index in [1.54, 1.807) is 0 Å². The standard InChI is InChI=1S/C40H68N2O2/c1-37(2,3)31-25-29(26-32(35(31)43)38(4,5)6)19-23-41-21-17-15-13-14-16-18-22-42-24-20-30-27-33(39(7,8)9)36(44)34(28-30)40(10,11)12/h25-28,41-44H,13-24H2,1-12H3. The third-order valence-electron chi connectivity index (χ3n) is 8.71. The Morgan fingerprint density at radius 1 is 0.409 bits per heavy atom. The molecule has 0 unspecified atom stereocenters. The van der Waals surface area contributed by atoms with Gasteiger partial charge in [-0.2, -0.15) is 0 Å². The van der Waals surface area contributed by atoms with Gasteiger partial charge in [0.1, 0.15) is 11.5 Å². The van der Waals surface area contributed by atoms with Gasteiger partial charge in [0.2, 0.25) is 0 Å².